The Kier molecular flexibility index (Phi) is 6.06. The maximum absolute atomic E-state index is 12.5. The molecule has 1 amide bonds. The highest BCUT2D eigenvalue weighted by Crippen LogP contribution is 2.28. The number of carbonyl (C=O) groups is 1. The molecule has 1 heterocycles. The van der Waals surface area contributed by atoms with Crippen LogP contribution in [0.15, 0.2) is 65.7 Å². The number of nitro groups is 1. The van der Waals surface area contributed by atoms with E-state index in [-0.39, 0.29) is 22.6 Å². The number of hydrogen-bond donors (Lipinski definition) is 2. The Bertz CT molecular complexity index is 1110. The van der Waals surface area contributed by atoms with Crippen molar-refractivity contribution in [2.45, 2.75) is 10.8 Å². The summed E-state index contributed by atoms with van der Waals surface area (Å²) in [6.45, 7) is 0. The number of aromatic nitrogens is 1. The molecule has 0 atom stereocenters. The molecule has 0 fully saturated rings. The molecule has 29 heavy (non-hydrogen) atoms. The second-order valence-corrected chi connectivity index (χ2v) is 6.89. The fourth-order valence-electron chi connectivity index (χ4n) is 2.51. The van der Waals surface area contributed by atoms with Gasteiger partial charge >= 0.3 is 0 Å². The first-order valence-electron chi connectivity index (χ1n) is 8.41. The number of thioether (sulfide) groups is 1. The van der Waals surface area contributed by atoms with Gasteiger partial charge in [0.2, 0.25) is 0 Å². The number of nitrogens with zero attached hydrogens (tertiary/aromatic N) is 3. The van der Waals surface area contributed by atoms with Crippen molar-refractivity contribution in [3.8, 4) is 6.07 Å². The number of nitrogens with two attached hydrogens (primary N) is 1. The Morgan fingerprint density at radius 2 is 1.97 bits per heavy atom. The molecule has 0 saturated carbocycles. The zero-order valence-corrected chi connectivity index (χ0v) is 15.8. The van der Waals surface area contributed by atoms with E-state index < -0.39 is 10.8 Å². The number of carbonyl (C=O) groups excluding carboxylic acids is 1. The largest absolute Gasteiger partial charge is 0.383 e. The molecule has 0 saturated heterocycles. The molecule has 0 aliphatic carbocycles. The summed E-state index contributed by atoms with van der Waals surface area (Å²) < 4.78 is 0. The number of amides is 1. The normalized spacial score (nSPS) is 10.2. The van der Waals surface area contributed by atoms with E-state index in [4.69, 9.17) is 5.73 Å². The van der Waals surface area contributed by atoms with Crippen LogP contribution in [0.4, 0.5) is 17.2 Å². The summed E-state index contributed by atoms with van der Waals surface area (Å²) in [6, 6.07) is 18.5. The van der Waals surface area contributed by atoms with Gasteiger partial charge in [0.15, 0.2) is 0 Å². The van der Waals surface area contributed by atoms with Gasteiger partial charge in [-0.25, -0.2) is 4.98 Å². The number of anilines is 2. The molecular weight excluding hydrogens is 390 g/mol. The fraction of sp³-hybridized carbons (Fsp3) is 0.0500. The van der Waals surface area contributed by atoms with Gasteiger partial charge in [-0.1, -0.05) is 30.3 Å². The Labute approximate surface area is 170 Å². The number of non-ortho nitro benzene ring substituents is 1. The van der Waals surface area contributed by atoms with E-state index in [9.17, 15) is 20.2 Å². The highest BCUT2D eigenvalue weighted by Gasteiger charge is 2.17. The lowest BCUT2D eigenvalue weighted by Gasteiger charge is -2.10. The molecular formula is C20H15N5O3S. The van der Waals surface area contributed by atoms with Gasteiger partial charge in [-0.3, -0.25) is 14.9 Å². The first kappa shape index (κ1) is 19.9. The third kappa shape index (κ3) is 4.88. The van der Waals surface area contributed by atoms with Crippen LogP contribution in [0.3, 0.4) is 0 Å². The highest BCUT2D eigenvalue weighted by atomic mass is 32.2. The number of pyridine rings is 1. The summed E-state index contributed by atoms with van der Waals surface area (Å²) in [5.41, 5.74) is 7.55. The van der Waals surface area contributed by atoms with Crippen molar-refractivity contribution in [1.82, 2.24) is 4.98 Å². The van der Waals surface area contributed by atoms with Crippen LogP contribution in [-0.4, -0.2) is 15.8 Å². The summed E-state index contributed by atoms with van der Waals surface area (Å²) in [7, 11) is 0. The third-order valence-electron chi connectivity index (χ3n) is 3.91. The Hall–Kier alpha value is -3.90. The van der Waals surface area contributed by atoms with E-state index in [0.29, 0.717) is 22.0 Å². The summed E-state index contributed by atoms with van der Waals surface area (Å²) in [5.74, 6) is -0.106. The van der Waals surface area contributed by atoms with E-state index in [1.54, 1.807) is 36.4 Å². The lowest BCUT2D eigenvalue weighted by Crippen LogP contribution is -2.15. The van der Waals surface area contributed by atoms with Crippen molar-refractivity contribution in [2.75, 3.05) is 11.1 Å². The molecule has 3 N–H and O–H groups in total. The van der Waals surface area contributed by atoms with Crippen molar-refractivity contribution in [1.29, 1.82) is 5.26 Å². The maximum Gasteiger partial charge on any atom is 0.269 e. The van der Waals surface area contributed by atoms with Crippen molar-refractivity contribution in [2.24, 2.45) is 0 Å². The Morgan fingerprint density at radius 3 is 2.66 bits per heavy atom. The highest BCUT2D eigenvalue weighted by molar-refractivity contribution is 7.98. The van der Waals surface area contributed by atoms with Crippen molar-refractivity contribution < 1.29 is 9.72 Å². The molecule has 1 aromatic heterocycles. The van der Waals surface area contributed by atoms with Crippen LogP contribution in [0.5, 0.6) is 0 Å². The number of nitriles is 1. The summed E-state index contributed by atoms with van der Waals surface area (Å²) in [4.78, 5) is 27.1. The van der Waals surface area contributed by atoms with Gasteiger partial charge in [0.05, 0.1) is 16.1 Å². The zero-order valence-electron chi connectivity index (χ0n) is 15.0. The van der Waals surface area contributed by atoms with Crippen LogP contribution in [0.2, 0.25) is 0 Å². The van der Waals surface area contributed by atoms with E-state index in [0.717, 1.165) is 0 Å². The first-order chi connectivity index (χ1) is 14.0. The minimum absolute atomic E-state index is 0.000951. The Balaban J connectivity index is 1.80. The van der Waals surface area contributed by atoms with Crippen LogP contribution < -0.4 is 11.1 Å². The minimum Gasteiger partial charge on any atom is -0.383 e. The number of nitrogen functional groups attached to an aromatic ring is 1. The van der Waals surface area contributed by atoms with E-state index in [1.807, 2.05) is 12.1 Å². The monoisotopic (exact) mass is 405 g/mol. The van der Waals surface area contributed by atoms with Crippen LogP contribution in [-0.2, 0) is 5.75 Å². The molecule has 9 heteroatoms. The van der Waals surface area contributed by atoms with E-state index in [1.165, 1.54) is 30.0 Å². The molecule has 2 aromatic carbocycles. The number of benzene rings is 2. The molecule has 0 bridgehead atoms. The van der Waals surface area contributed by atoms with Gasteiger partial charge in [0.1, 0.15) is 16.9 Å². The molecule has 3 rings (SSSR count). The number of rotatable bonds is 6. The third-order valence-corrected chi connectivity index (χ3v) is 4.97. The average Bonchev–Trinajstić information content (AvgIpc) is 2.73. The van der Waals surface area contributed by atoms with Gasteiger partial charge in [0, 0.05) is 23.6 Å². The van der Waals surface area contributed by atoms with Crippen molar-refractivity contribution >= 4 is 34.9 Å². The van der Waals surface area contributed by atoms with E-state index in [2.05, 4.69) is 10.3 Å². The smallest absolute Gasteiger partial charge is 0.269 e. The van der Waals surface area contributed by atoms with E-state index >= 15 is 0 Å². The van der Waals surface area contributed by atoms with Crippen LogP contribution in [0.1, 0.15) is 21.5 Å². The van der Waals surface area contributed by atoms with Gasteiger partial charge in [-0.2, -0.15) is 5.26 Å². The molecule has 3 aromatic rings. The number of nitrogens with one attached hydrogen (secondary N) is 1. The predicted octanol–water partition coefficient (Wildman–Crippen LogP) is 3.99. The van der Waals surface area contributed by atoms with Gasteiger partial charge in [-0.15, -0.1) is 11.8 Å². The molecule has 0 aliphatic heterocycles. The number of nitro benzene ring substituents is 1. The lowest BCUT2D eigenvalue weighted by atomic mass is 10.2. The minimum atomic E-state index is -0.467. The van der Waals surface area contributed by atoms with Gasteiger partial charge in [-0.05, 0) is 23.8 Å². The number of para-hydroxylation sites is 1. The summed E-state index contributed by atoms with van der Waals surface area (Å²) in [5, 5.41) is 23.4. The van der Waals surface area contributed by atoms with Crippen LogP contribution >= 0.6 is 11.8 Å². The molecule has 0 radical (unpaired) electrons. The van der Waals surface area contributed by atoms with Gasteiger partial charge < -0.3 is 11.1 Å². The standard InChI is InChI=1S/C20H15N5O3S/c21-11-14-10-17(19(26)23-15-6-2-1-3-7-15)18(22)24-20(14)29-12-13-5-4-8-16(9-13)25(27)28/h1-10H,12H2,(H2,22,24)(H,23,26). The molecule has 144 valence electrons. The summed E-state index contributed by atoms with van der Waals surface area (Å²) >= 11 is 1.22. The SMILES string of the molecule is N#Cc1cc(C(=O)Nc2ccccc2)c(N)nc1SCc1cccc([N+](=O)[O-])c1. The molecule has 8 nitrogen and oxygen atoms in total. The topological polar surface area (TPSA) is 135 Å². The maximum atomic E-state index is 12.5. The predicted molar refractivity (Wildman–Crippen MR) is 110 cm³/mol. The van der Waals surface area contributed by atoms with Crippen LogP contribution in [0.25, 0.3) is 0 Å². The van der Waals surface area contributed by atoms with Gasteiger partial charge in [0.25, 0.3) is 11.6 Å². The average molecular weight is 405 g/mol. The second kappa shape index (κ2) is 8.86. The molecule has 0 unspecified atom stereocenters. The summed E-state index contributed by atoms with van der Waals surface area (Å²) in [6.07, 6.45) is 0. The quantitative estimate of drug-likeness (QED) is 0.359. The second-order valence-electron chi connectivity index (χ2n) is 5.92. The number of hydrogen-bond acceptors (Lipinski definition) is 7. The Morgan fingerprint density at radius 1 is 1.21 bits per heavy atom. The van der Waals surface area contributed by atoms with Crippen molar-refractivity contribution in [3.63, 3.8) is 0 Å². The molecule has 0 aliphatic rings. The zero-order chi connectivity index (χ0) is 20.8. The fourth-order valence-corrected chi connectivity index (χ4v) is 3.42. The molecule has 0 spiro atoms. The van der Waals surface area contributed by atoms with Crippen LogP contribution in [0, 0.1) is 21.4 Å². The lowest BCUT2D eigenvalue weighted by molar-refractivity contribution is -0.384. The van der Waals surface area contributed by atoms with Crippen molar-refractivity contribution in [3.05, 3.63) is 87.5 Å². The first-order valence-corrected chi connectivity index (χ1v) is 9.39.